The summed E-state index contributed by atoms with van der Waals surface area (Å²) in [6.45, 7) is 6.54. The average Bonchev–Trinajstić information content (AvgIpc) is 3.23. The fraction of sp³-hybridized carbons (Fsp3) is 0.367. The largest absolute Gasteiger partial charge is 0.390 e. The number of carbonyl (C=O) groups excluding carboxylic acids is 1. The van der Waals surface area contributed by atoms with Crippen LogP contribution in [-0.4, -0.2) is 61.4 Å². The van der Waals surface area contributed by atoms with Crippen molar-refractivity contribution >= 4 is 5.91 Å². The second kappa shape index (κ2) is 11.8. The molecule has 6 heteroatoms. The summed E-state index contributed by atoms with van der Waals surface area (Å²) >= 11 is 0. The SMILES string of the molecule is O=C(N[C@@H]1c2cc(CNCCCN3CCOCC3)ccc2C[C@H]1O)c1ccc(-c2ccccc2)cc1. The number of aliphatic hydroxyl groups is 1. The van der Waals surface area contributed by atoms with Crippen LogP contribution in [0.2, 0.25) is 0 Å². The lowest BCUT2D eigenvalue weighted by atomic mass is 10.0. The van der Waals surface area contributed by atoms with Crippen LogP contribution in [0.3, 0.4) is 0 Å². The molecule has 0 radical (unpaired) electrons. The summed E-state index contributed by atoms with van der Waals surface area (Å²) in [4.78, 5) is 15.5. The second-order valence-electron chi connectivity index (χ2n) is 9.68. The average molecular weight is 486 g/mol. The summed E-state index contributed by atoms with van der Waals surface area (Å²) in [7, 11) is 0. The van der Waals surface area contributed by atoms with Gasteiger partial charge in [0.15, 0.2) is 0 Å². The summed E-state index contributed by atoms with van der Waals surface area (Å²) in [6.07, 6.45) is 1.04. The fourth-order valence-electron chi connectivity index (χ4n) is 5.11. The minimum Gasteiger partial charge on any atom is -0.390 e. The zero-order valence-electron chi connectivity index (χ0n) is 20.7. The molecule has 1 fully saturated rings. The van der Waals surface area contributed by atoms with E-state index in [0.717, 1.165) is 74.6 Å². The lowest BCUT2D eigenvalue weighted by molar-refractivity contribution is 0.0374. The molecule has 0 spiro atoms. The van der Waals surface area contributed by atoms with Crippen molar-refractivity contribution in [3.63, 3.8) is 0 Å². The molecule has 1 aliphatic heterocycles. The predicted octanol–water partition coefficient (Wildman–Crippen LogP) is 3.55. The Kier molecular flexibility index (Phi) is 8.08. The van der Waals surface area contributed by atoms with Gasteiger partial charge in [-0.05, 0) is 59.5 Å². The van der Waals surface area contributed by atoms with Crippen LogP contribution < -0.4 is 10.6 Å². The summed E-state index contributed by atoms with van der Waals surface area (Å²) in [5, 5.41) is 17.3. The van der Waals surface area contributed by atoms with Crippen LogP contribution in [0.5, 0.6) is 0 Å². The van der Waals surface area contributed by atoms with Crippen molar-refractivity contribution in [2.45, 2.75) is 31.5 Å². The molecule has 2 aliphatic rings. The molecule has 2 atom stereocenters. The maximum absolute atomic E-state index is 13.0. The first-order chi connectivity index (χ1) is 17.7. The van der Waals surface area contributed by atoms with E-state index in [9.17, 15) is 9.90 Å². The zero-order chi connectivity index (χ0) is 24.7. The van der Waals surface area contributed by atoms with Crippen molar-refractivity contribution in [3.05, 3.63) is 95.1 Å². The Hall–Kier alpha value is -3.03. The Morgan fingerprint density at radius 3 is 2.50 bits per heavy atom. The van der Waals surface area contributed by atoms with Crippen molar-refractivity contribution < 1.29 is 14.6 Å². The van der Waals surface area contributed by atoms with Gasteiger partial charge in [0, 0.05) is 31.6 Å². The molecule has 1 saturated heterocycles. The van der Waals surface area contributed by atoms with Gasteiger partial charge in [-0.2, -0.15) is 0 Å². The minimum absolute atomic E-state index is 0.168. The molecule has 1 amide bonds. The first kappa shape index (κ1) is 24.7. The van der Waals surface area contributed by atoms with Gasteiger partial charge in [0.1, 0.15) is 0 Å². The van der Waals surface area contributed by atoms with Gasteiger partial charge in [0.25, 0.3) is 5.91 Å². The van der Waals surface area contributed by atoms with Crippen molar-refractivity contribution in [1.29, 1.82) is 0 Å². The van der Waals surface area contributed by atoms with Crippen molar-refractivity contribution in [1.82, 2.24) is 15.5 Å². The van der Waals surface area contributed by atoms with Crippen LogP contribution in [0, 0.1) is 0 Å². The number of fused-ring (bicyclic) bond motifs is 1. The third-order valence-electron chi connectivity index (χ3n) is 7.16. The summed E-state index contributed by atoms with van der Waals surface area (Å²) in [5.41, 5.74) is 6.06. The fourth-order valence-corrected chi connectivity index (χ4v) is 5.11. The highest BCUT2D eigenvalue weighted by Crippen LogP contribution is 2.32. The van der Waals surface area contributed by atoms with E-state index in [2.05, 4.69) is 45.9 Å². The number of nitrogens with one attached hydrogen (secondary N) is 2. The molecule has 3 aromatic rings. The van der Waals surface area contributed by atoms with Crippen LogP contribution in [-0.2, 0) is 17.7 Å². The van der Waals surface area contributed by atoms with Crippen molar-refractivity contribution in [2.75, 3.05) is 39.4 Å². The first-order valence-corrected chi connectivity index (χ1v) is 12.9. The number of benzene rings is 3. The molecule has 0 unspecified atom stereocenters. The second-order valence-corrected chi connectivity index (χ2v) is 9.68. The highest BCUT2D eigenvalue weighted by molar-refractivity contribution is 5.95. The van der Waals surface area contributed by atoms with Gasteiger partial charge in [0.05, 0.1) is 25.4 Å². The maximum Gasteiger partial charge on any atom is 0.251 e. The molecular weight excluding hydrogens is 450 g/mol. The molecule has 0 bridgehead atoms. The lowest BCUT2D eigenvalue weighted by Gasteiger charge is -2.26. The summed E-state index contributed by atoms with van der Waals surface area (Å²) in [5.74, 6) is -0.168. The third kappa shape index (κ3) is 6.02. The van der Waals surface area contributed by atoms with E-state index >= 15 is 0 Å². The highest BCUT2D eigenvalue weighted by Gasteiger charge is 2.32. The predicted molar refractivity (Wildman–Crippen MR) is 142 cm³/mol. The van der Waals surface area contributed by atoms with E-state index in [0.29, 0.717) is 12.0 Å². The standard InChI is InChI=1S/C30H35N3O3/c34-28-20-26-8-7-22(21-31-13-4-14-33-15-17-36-18-16-33)19-27(26)29(28)32-30(35)25-11-9-24(10-12-25)23-5-2-1-3-6-23/h1-3,5-12,19,28-29,31,34H,4,13-18,20-21H2,(H,32,35)/t28-,29-/m1/s1. The van der Waals surface area contributed by atoms with Gasteiger partial charge >= 0.3 is 0 Å². The third-order valence-corrected chi connectivity index (χ3v) is 7.16. The zero-order valence-corrected chi connectivity index (χ0v) is 20.7. The molecular formula is C30H35N3O3. The van der Waals surface area contributed by atoms with Crippen LogP contribution >= 0.6 is 0 Å². The molecule has 36 heavy (non-hydrogen) atoms. The van der Waals surface area contributed by atoms with Gasteiger partial charge in [-0.3, -0.25) is 9.69 Å². The lowest BCUT2D eigenvalue weighted by Crippen LogP contribution is -2.37. The van der Waals surface area contributed by atoms with E-state index in [1.807, 2.05) is 42.5 Å². The monoisotopic (exact) mass is 485 g/mol. The molecule has 0 aromatic heterocycles. The van der Waals surface area contributed by atoms with Gasteiger partial charge in [-0.15, -0.1) is 0 Å². The van der Waals surface area contributed by atoms with Crippen LogP contribution in [0.4, 0.5) is 0 Å². The number of amides is 1. The summed E-state index contributed by atoms with van der Waals surface area (Å²) < 4.78 is 5.41. The number of nitrogens with zero attached hydrogens (tertiary/aromatic N) is 1. The topological polar surface area (TPSA) is 73.8 Å². The van der Waals surface area contributed by atoms with Crippen LogP contribution in [0.15, 0.2) is 72.8 Å². The Morgan fingerprint density at radius 2 is 1.72 bits per heavy atom. The van der Waals surface area contributed by atoms with Gasteiger partial charge in [0.2, 0.25) is 0 Å². The number of ether oxygens (including phenoxy) is 1. The van der Waals surface area contributed by atoms with E-state index in [-0.39, 0.29) is 5.91 Å². The van der Waals surface area contributed by atoms with Crippen molar-refractivity contribution in [3.8, 4) is 11.1 Å². The highest BCUT2D eigenvalue weighted by atomic mass is 16.5. The quantitative estimate of drug-likeness (QED) is 0.404. The van der Waals surface area contributed by atoms with Gasteiger partial charge in [-0.1, -0.05) is 60.7 Å². The Bertz CT molecular complexity index is 1140. The normalized spacial score (nSPS) is 19.7. The van der Waals surface area contributed by atoms with Gasteiger partial charge < -0.3 is 20.5 Å². The smallest absolute Gasteiger partial charge is 0.251 e. The molecule has 5 rings (SSSR count). The number of aliphatic hydroxyl groups excluding tert-OH is 1. The Balaban J connectivity index is 1.16. The number of carbonyl (C=O) groups is 1. The van der Waals surface area contributed by atoms with E-state index in [4.69, 9.17) is 4.74 Å². The molecule has 3 N–H and O–H groups in total. The number of morpholine rings is 1. The molecule has 1 heterocycles. The molecule has 6 nitrogen and oxygen atoms in total. The van der Waals surface area contributed by atoms with Crippen LogP contribution in [0.25, 0.3) is 11.1 Å². The molecule has 1 aliphatic carbocycles. The van der Waals surface area contributed by atoms with Crippen molar-refractivity contribution in [2.24, 2.45) is 0 Å². The van der Waals surface area contributed by atoms with Gasteiger partial charge in [-0.25, -0.2) is 0 Å². The van der Waals surface area contributed by atoms with Crippen LogP contribution in [0.1, 0.15) is 39.5 Å². The Morgan fingerprint density at radius 1 is 0.972 bits per heavy atom. The number of rotatable bonds is 9. The molecule has 188 valence electrons. The Labute approximate surface area is 213 Å². The van der Waals surface area contributed by atoms with E-state index < -0.39 is 12.1 Å². The molecule has 3 aromatic carbocycles. The van der Waals surface area contributed by atoms with E-state index in [1.165, 1.54) is 5.56 Å². The first-order valence-electron chi connectivity index (χ1n) is 12.9. The maximum atomic E-state index is 13.0. The minimum atomic E-state index is -0.621. The summed E-state index contributed by atoms with van der Waals surface area (Å²) in [6, 6.07) is 23.7. The molecule has 0 saturated carbocycles. The number of hydrogen-bond acceptors (Lipinski definition) is 5. The number of hydrogen-bond donors (Lipinski definition) is 3. The van der Waals surface area contributed by atoms with E-state index in [1.54, 1.807) is 0 Å².